The van der Waals surface area contributed by atoms with Crippen molar-refractivity contribution in [3.63, 3.8) is 0 Å². The monoisotopic (exact) mass is 194 g/mol. The topological polar surface area (TPSA) is 18.5 Å². The predicted molar refractivity (Wildman–Crippen MR) is 57.0 cm³/mol. The molecular formula is C12H18O2. The molecule has 1 aromatic rings. The van der Waals surface area contributed by atoms with E-state index < -0.39 is 5.79 Å². The third-order valence-corrected chi connectivity index (χ3v) is 2.45. The van der Waals surface area contributed by atoms with Crippen molar-refractivity contribution in [2.24, 2.45) is 0 Å². The third kappa shape index (κ3) is 2.14. The molecule has 78 valence electrons. The smallest absolute Gasteiger partial charge is 0.194 e. The highest BCUT2D eigenvalue weighted by atomic mass is 16.7. The van der Waals surface area contributed by atoms with Gasteiger partial charge in [-0.1, -0.05) is 43.7 Å². The van der Waals surface area contributed by atoms with E-state index in [1.54, 1.807) is 14.2 Å². The fourth-order valence-electron chi connectivity index (χ4n) is 1.69. The van der Waals surface area contributed by atoms with Gasteiger partial charge in [-0.2, -0.15) is 0 Å². The van der Waals surface area contributed by atoms with Gasteiger partial charge in [0.25, 0.3) is 0 Å². The van der Waals surface area contributed by atoms with Crippen molar-refractivity contribution in [2.75, 3.05) is 14.2 Å². The first-order valence-corrected chi connectivity index (χ1v) is 4.95. The molecule has 0 spiro atoms. The highest BCUT2D eigenvalue weighted by Gasteiger charge is 2.30. The molecule has 0 heterocycles. The predicted octanol–water partition coefficient (Wildman–Crippen LogP) is 2.93. The maximum Gasteiger partial charge on any atom is 0.194 e. The second-order valence-corrected chi connectivity index (χ2v) is 3.28. The molecule has 0 N–H and O–H groups in total. The molecule has 2 heteroatoms. The molecule has 0 bridgehead atoms. The highest BCUT2D eigenvalue weighted by molar-refractivity contribution is 5.20. The average Bonchev–Trinajstić information content (AvgIpc) is 2.27. The van der Waals surface area contributed by atoms with E-state index in [9.17, 15) is 0 Å². The summed E-state index contributed by atoms with van der Waals surface area (Å²) in [6.07, 6.45) is 1.89. The van der Waals surface area contributed by atoms with Crippen LogP contribution >= 0.6 is 0 Å². The summed E-state index contributed by atoms with van der Waals surface area (Å²) in [5, 5.41) is 0. The summed E-state index contributed by atoms with van der Waals surface area (Å²) in [5.41, 5.74) is 1.08. The Bertz CT molecular complexity index is 252. The molecule has 0 aliphatic rings. The zero-order chi connectivity index (χ0) is 10.4. The lowest BCUT2D eigenvalue weighted by Crippen LogP contribution is -2.30. The van der Waals surface area contributed by atoms with Gasteiger partial charge in [0.05, 0.1) is 0 Å². The molecule has 0 atom stereocenters. The van der Waals surface area contributed by atoms with Gasteiger partial charge >= 0.3 is 0 Å². The maximum absolute atomic E-state index is 5.49. The first kappa shape index (κ1) is 11.2. The second kappa shape index (κ2) is 5.13. The molecular weight excluding hydrogens is 176 g/mol. The van der Waals surface area contributed by atoms with Crippen LogP contribution < -0.4 is 0 Å². The number of methoxy groups -OCH3 is 2. The summed E-state index contributed by atoms with van der Waals surface area (Å²) in [7, 11) is 3.37. The van der Waals surface area contributed by atoms with Crippen LogP contribution in [0.25, 0.3) is 0 Å². The number of hydrogen-bond acceptors (Lipinski definition) is 2. The van der Waals surface area contributed by atoms with Crippen LogP contribution in [0.4, 0.5) is 0 Å². The first-order chi connectivity index (χ1) is 6.79. The van der Waals surface area contributed by atoms with Crippen molar-refractivity contribution in [1.82, 2.24) is 0 Å². The Morgan fingerprint density at radius 2 is 1.64 bits per heavy atom. The minimum atomic E-state index is -0.573. The Balaban J connectivity index is 2.98. The van der Waals surface area contributed by atoms with Crippen molar-refractivity contribution < 1.29 is 9.47 Å². The van der Waals surface area contributed by atoms with Gasteiger partial charge in [0.1, 0.15) is 0 Å². The zero-order valence-corrected chi connectivity index (χ0v) is 9.12. The molecule has 1 aromatic carbocycles. The highest BCUT2D eigenvalue weighted by Crippen LogP contribution is 2.30. The van der Waals surface area contributed by atoms with Crippen LogP contribution in [0, 0.1) is 0 Å². The number of ether oxygens (including phenoxy) is 2. The van der Waals surface area contributed by atoms with Crippen LogP contribution in [0.3, 0.4) is 0 Å². The van der Waals surface area contributed by atoms with E-state index >= 15 is 0 Å². The molecule has 0 radical (unpaired) electrons. The van der Waals surface area contributed by atoms with E-state index in [4.69, 9.17) is 9.47 Å². The van der Waals surface area contributed by atoms with Crippen molar-refractivity contribution in [3.8, 4) is 0 Å². The molecule has 0 amide bonds. The van der Waals surface area contributed by atoms with Crippen LogP contribution in [0.1, 0.15) is 25.3 Å². The van der Waals surface area contributed by atoms with Gasteiger partial charge in [0.15, 0.2) is 5.79 Å². The largest absolute Gasteiger partial charge is 0.349 e. The molecule has 0 aliphatic heterocycles. The summed E-state index contributed by atoms with van der Waals surface area (Å²) < 4.78 is 11.0. The van der Waals surface area contributed by atoms with Gasteiger partial charge in [-0.05, 0) is 0 Å². The molecule has 0 saturated heterocycles. The van der Waals surface area contributed by atoms with E-state index in [1.807, 2.05) is 30.3 Å². The normalized spacial score (nSPS) is 11.6. The van der Waals surface area contributed by atoms with Crippen LogP contribution in [0.2, 0.25) is 0 Å². The number of hydrogen-bond donors (Lipinski definition) is 0. The minimum Gasteiger partial charge on any atom is -0.349 e. The first-order valence-electron chi connectivity index (χ1n) is 4.95. The van der Waals surface area contributed by atoms with Crippen LogP contribution in [0.5, 0.6) is 0 Å². The maximum atomic E-state index is 5.49. The molecule has 0 saturated carbocycles. The quantitative estimate of drug-likeness (QED) is 0.671. The third-order valence-electron chi connectivity index (χ3n) is 2.45. The Morgan fingerprint density at radius 3 is 2.07 bits per heavy atom. The standard InChI is InChI=1S/C12H18O2/c1-4-10-12(13-2,14-3)11-8-6-5-7-9-11/h5-9H,4,10H2,1-3H3. The summed E-state index contributed by atoms with van der Waals surface area (Å²) in [4.78, 5) is 0. The zero-order valence-electron chi connectivity index (χ0n) is 9.12. The lowest BCUT2D eigenvalue weighted by atomic mass is 10.0. The van der Waals surface area contributed by atoms with Crippen LogP contribution in [-0.2, 0) is 15.3 Å². The van der Waals surface area contributed by atoms with Crippen LogP contribution in [0.15, 0.2) is 30.3 Å². The second-order valence-electron chi connectivity index (χ2n) is 3.28. The fraction of sp³-hybridized carbons (Fsp3) is 0.500. The van der Waals surface area contributed by atoms with Gasteiger partial charge in [-0.15, -0.1) is 0 Å². The number of rotatable bonds is 5. The molecule has 0 unspecified atom stereocenters. The molecule has 1 rings (SSSR count). The van der Waals surface area contributed by atoms with Gasteiger partial charge in [0.2, 0.25) is 0 Å². The van der Waals surface area contributed by atoms with Crippen molar-refractivity contribution in [1.29, 1.82) is 0 Å². The van der Waals surface area contributed by atoms with Gasteiger partial charge in [-0.3, -0.25) is 0 Å². The van der Waals surface area contributed by atoms with Crippen molar-refractivity contribution >= 4 is 0 Å². The Kier molecular flexibility index (Phi) is 4.11. The Hall–Kier alpha value is -0.860. The average molecular weight is 194 g/mol. The van der Waals surface area contributed by atoms with E-state index in [0.29, 0.717) is 0 Å². The van der Waals surface area contributed by atoms with Gasteiger partial charge < -0.3 is 9.47 Å². The summed E-state index contributed by atoms with van der Waals surface area (Å²) >= 11 is 0. The lowest BCUT2D eigenvalue weighted by molar-refractivity contribution is -0.220. The summed E-state index contributed by atoms with van der Waals surface area (Å²) in [6, 6.07) is 10.0. The summed E-state index contributed by atoms with van der Waals surface area (Å²) in [5.74, 6) is -0.573. The molecule has 0 fully saturated rings. The Morgan fingerprint density at radius 1 is 1.07 bits per heavy atom. The van der Waals surface area contributed by atoms with Gasteiger partial charge in [0, 0.05) is 26.2 Å². The molecule has 14 heavy (non-hydrogen) atoms. The lowest BCUT2D eigenvalue weighted by Gasteiger charge is -2.31. The van der Waals surface area contributed by atoms with E-state index in [1.165, 1.54) is 0 Å². The number of benzene rings is 1. The van der Waals surface area contributed by atoms with Crippen LogP contribution in [-0.4, -0.2) is 14.2 Å². The SMILES string of the molecule is CCCC(OC)(OC)c1ccccc1. The van der Waals surface area contributed by atoms with E-state index in [0.717, 1.165) is 18.4 Å². The molecule has 2 nitrogen and oxygen atoms in total. The van der Waals surface area contributed by atoms with Gasteiger partial charge in [-0.25, -0.2) is 0 Å². The summed E-state index contributed by atoms with van der Waals surface area (Å²) in [6.45, 7) is 2.12. The molecule has 0 aliphatic carbocycles. The van der Waals surface area contributed by atoms with E-state index in [-0.39, 0.29) is 0 Å². The van der Waals surface area contributed by atoms with Crippen molar-refractivity contribution in [2.45, 2.75) is 25.6 Å². The molecule has 0 aromatic heterocycles. The Labute approximate surface area is 85.8 Å². The van der Waals surface area contributed by atoms with E-state index in [2.05, 4.69) is 6.92 Å². The minimum absolute atomic E-state index is 0.573. The fourth-order valence-corrected chi connectivity index (χ4v) is 1.69. The van der Waals surface area contributed by atoms with Crippen molar-refractivity contribution in [3.05, 3.63) is 35.9 Å².